The lowest BCUT2D eigenvalue weighted by Crippen LogP contribution is -1.97. The van der Waals surface area contributed by atoms with Gasteiger partial charge < -0.3 is 10.4 Å². The Bertz CT molecular complexity index is 310. The molecule has 0 saturated carbocycles. The monoisotopic (exact) mass is 221 g/mol. The molecule has 1 aromatic rings. The minimum absolute atomic E-state index is 0.429. The van der Waals surface area contributed by atoms with Gasteiger partial charge in [0, 0.05) is 12.2 Å². The van der Waals surface area contributed by atoms with Gasteiger partial charge in [-0.15, -0.1) is 0 Å². The first-order chi connectivity index (χ1) is 7.77. The predicted octanol–water partition coefficient (Wildman–Crippen LogP) is 3.95. The molecule has 0 unspecified atom stereocenters. The van der Waals surface area contributed by atoms with E-state index in [0.29, 0.717) is 5.75 Å². The summed E-state index contributed by atoms with van der Waals surface area (Å²) in [4.78, 5) is 0. The first-order valence-corrected chi connectivity index (χ1v) is 6.33. The van der Waals surface area contributed by atoms with E-state index in [9.17, 15) is 5.11 Å². The molecule has 1 aromatic carbocycles. The molecule has 2 N–H and O–H groups in total. The van der Waals surface area contributed by atoms with E-state index in [1.54, 1.807) is 6.07 Å². The number of rotatable bonds is 7. The summed E-state index contributed by atoms with van der Waals surface area (Å²) in [6.45, 7) is 5.21. The van der Waals surface area contributed by atoms with Crippen LogP contribution in [0.25, 0.3) is 0 Å². The lowest BCUT2D eigenvalue weighted by atomic mass is 10.0. The highest BCUT2D eigenvalue weighted by molar-refractivity contribution is 5.50. The van der Waals surface area contributed by atoms with E-state index in [-0.39, 0.29) is 0 Å². The van der Waals surface area contributed by atoms with Gasteiger partial charge in [0.15, 0.2) is 0 Å². The second kappa shape index (κ2) is 7.15. The Balaban J connectivity index is 2.52. The first-order valence-electron chi connectivity index (χ1n) is 6.33. The molecule has 0 bridgehead atoms. The maximum Gasteiger partial charge on any atom is 0.118 e. The number of hydrogen-bond acceptors (Lipinski definition) is 2. The van der Waals surface area contributed by atoms with Crippen LogP contribution in [0.4, 0.5) is 5.69 Å². The van der Waals surface area contributed by atoms with Gasteiger partial charge in [0.2, 0.25) is 0 Å². The molecule has 0 aliphatic rings. The topological polar surface area (TPSA) is 32.3 Å². The molecule has 0 heterocycles. The van der Waals surface area contributed by atoms with Crippen LogP contribution in [0.5, 0.6) is 5.75 Å². The molecule has 16 heavy (non-hydrogen) atoms. The Labute approximate surface area is 98.7 Å². The molecule has 90 valence electrons. The van der Waals surface area contributed by atoms with Crippen molar-refractivity contribution in [2.24, 2.45) is 0 Å². The molecule has 2 heteroatoms. The molecule has 0 fully saturated rings. The number of benzene rings is 1. The van der Waals surface area contributed by atoms with Crippen LogP contribution in [0, 0.1) is 0 Å². The van der Waals surface area contributed by atoms with Gasteiger partial charge in [0.1, 0.15) is 5.75 Å². The van der Waals surface area contributed by atoms with Crippen LogP contribution >= 0.6 is 0 Å². The predicted molar refractivity (Wildman–Crippen MR) is 70.1 cm³/mol. The summed E-state index contributed by atoms with van der Waals surface area (Å²) in [5.41, 5.74) is 2.17. The van der Waals surface area contributed by atoms with Crippen LogP contribution in [0.1, 0.15) is 45.1 Å². The van der Waals surface area contributed by atoms with E-state index < -0.39 is 0 Å². The van der Waals surface area contributed by atoms with Crippen molar-refractivity contribution < 1.29 is 5.11 Å². The number of aryl methyl sites for hydroxylation is 1. The van der Waals surface area contributed by atoms with Crippen LogP contribution in [0.15, 0.2) is 18.2 Å². The number of nitrogens with one attached hydrogen (secondary N) is 1. The zero-order valence-electron chi connectivity index (χ0n) is 10.4. The molecule has 0 aliphatic heterocycles. The van der Waals surface area contributed by atoms with Gasteiger partial charge in [-0.1, -0.05) is 26.2 Å². The Morgan fingerprint density at radius 1 is 1.12 bits per heavy atom. The van der Waals surface area contributed by atoms with Crippen LogP contribution in [0.2, 0.25) is 0 Å². The van der Waals surface area contributed by atoms with Crippen molar-refractivity contribution in [3.8, 4) is 5.75 Å². The number of anilines is 1. The fourth-order valence-corrected chi connectivity index (χ4v) is 1.84. The largest absolute Gasteiger partial charge is 0.508 e. The minimum Gasteiger partial charge on any atom is -0.508 e. The molecule has 0 amide bonds. The van der Waals surface area contributed by atoms with Crippen molar-refractivity contribution in [3.63, 3.8) is 0 Å². The van der Waals surface area contributed by atoms with Crippen molar-refractivity contribution in [2.75, 3.05) is 11.9 Å². The SMILES string of the molecule is CCCCCCc1cc(NCC)ccc1O. The molecular formula is C14H23NO. The summed E-state index contributed by atoms with van der Waals surface area (Å²) in [5, 5.41) is 13.0. The van der Waals surface area contributed by atoms with Crippen molar-refractivity contribution >= 4 is 5.69 Å². The van der Waals surface area contributed by atoms with Gasteiger partial charge >= 0.3 is 0 Å². The molecule has 0 radical (unpaired) electrons. The van der Waals surface area contributed by atoms with Gasteiger partial charge in [0.05, 0.1) is 0 Å². The van der Waals surface area contributed by atoms with Crippen LogP contribution < -0.4 is 5.32 Å². The average Bonchev–Trinajstić information content (AvgIpc) is 2.29. The van der Waals surface area contributed by atoms with E-state index in [1.807, 2.05) is 6.07 Å². The maximum absolute atomic E-state index is 9.73. The van der Waals surface area contributed by atoms with E-state index in [0.717, 1.165) is 30.6 Å². The summed E-state index contributed by atoms with van der Waals surface area (Å²) in [6, 6.07) is 5.77. The van der Waals surface area contributed by atoms with Crippen molar-refractivity contribution in [1.29, 1.82) is 0 Å². The zero-order valence-corrected chi connectivity index (χ0v) is 10.4. The normalized spacial score (nSPS) is 10.4. The highest BCUT2D eigenvalue weighted by Crippen LogP contribution is 2.23. The Morgan fingerprint density at radius 3 is 2.62 bits per heavy atom. The molecular weight excluding hydrogens is 198 g/mol. The van der Waals surface area contributed by atoms with Gasteiger partial charge in [-0.2, -0.15) is 0 Å². The third-order valence-corrected chi connectivity index (χ3v) is 2.76. The van der Waals surface area contributed by atoms with Gasteiger partial charge in [-0.3, -0.25) is 0 Å². The van der Waals surface area contributed by atoms with Crippen LogP contribution in [-0.4, -0.2) is 11.7 Å². The van der Waals surface area contributed by atoms with Gasteiger partial charge in [-0.25, -0.2) is 0 Å². The number of aromatic hydroxyl groups is 1. The molecule has 1 rings (SSSR count). The standard InChI is InChI=1S/C14H23NO/c1-3-5-6-7-8-12-11-13(15-4-2)9-10-14(12)16/h9-11,15-16H,3-8H2,1-2H3. The summed E-state index contributed by atoms with van der Waals surface area (Å²) < 4.78 is 0. The van der Waals surface area contributed by atoms with E-state index in [4.69, 9.17) is 0 Å². The van der Waals surface area contributed by atoms with Crippen LogP contribution in [-0.2, 0) is 6.42 Å². The fraction of sp³-hybridized carbons (Fsp3) is 0.571. The lowest BCUT2D eigenvalue weighted by molar-refractivity contribution is 0.466. The molecule has 0 spiro atoms. The Kier molecular flexibility index (Phi) is 5.76. The lowest BCUT2D eigenvalue weighted by Gasteiger charge is -2.08. The highest BCUT2D eigenvalue weighted by Gasteiger charge is 2.02. The van der Waals surface area contributed by atoms with Gasteiger partial charge in [0.25, 0.3) is 0 Å². The Hall–Kier alpha value is -1.18. The number of hydrogen-bond donors (Lipinski definition) is 2. The average molecular weight is 221 g/mol. The Morgan fingerprint density at radius 2 is 1.94 bits per heavy atom. The molecule has 0 saturated heterocycles. The molecule has 0 aliphatic carbocycles. The fourth-order valence-electron chi connectivity index (χ4n) is 1.84. The number of unbranched alkanes of at least 4 members (excludes halogenated alkanes) is 3. The smallest absolute Gasteiger partial charge is 0.118 e. The molecule has 0 atom stereocenters. The van der Waals surface area contributed by atoms with Crippen molar-refractivity contribution in [3.05, 3.63) is 23.8 Å². The summed E-state index contributed by atoms with van der Waals surface area (Å²) >= 11 is 0. The van der Waals surface area contributed by atoms with E-state index in [1.165, 1.54) is 19.3 Å². The quantitative estimate of drug-likeness (QED) is 0.540. The second-order valence-electron chi connectivity index (χ2n) is 4.18. The molecule has 2 nitrogen and oxygen atoms in total. The van der Waals surface area contributed by atoms with E-state index >= 15 is 0 Å². The third-order valence-electron chi connectivity index (χ3n) is 2.76. The number of phenols is 1. The van der Waals surface area contributed by atoms with Crippen molar-refractivity contribution in [2.45, 2.75) is 46.0 Å². The summed E-state index contributed by atoms with van der Waals surface area (Å²) in [6.07, 6.45) is 5.93. The molecule has 0 aromatic heterocycles. The highest BCUT2D eigenvalue weighted by atomic mass is 16.3. The van der Waals surface area contributed by atoms with Crippen molar-refractivity contribution in [1.82, 2.24) is 0 Å². The maximum atomic E-state index is 9.73. The summed E-state index contributed by atoms with van der Waals surface area (Å²) in [7, 11) is 0. The second-order valence-corrected chi connectivity index (χ2v) is 4.18. The first kappa shape index (κ1) is 12.9. The summed E-state index contributed by atoms with van der Waals surface area (Å²) in [5.74, 6) is 0.429. The van der Waals surface area contributed by atoms with E-state index in [2.05, 4.69) is 25.2 Å². The van der Waals surface area contributed by atoms with Gasteiger partial charge in [-0.05, 0) is 43.5 Å². The zero-order chi connectivity index (χ0) is 11.8. The third kappa shape index (κ3) is 4.13. The van der Waals surface area contributed by atoms with Crippen LogP contribution in [0.3, 0.4) is 0 Å². The number of phenolic OH excluding ortho intramolecular Hbond substituents is 1. The minimum atomic E-state index is 0.429.